The molecule has 0 aliphatic carbocycles. The number of amides is 1. The number of carbonyl (C=O) groups is 1. The van der Waals surface area contributed by atoms with Crippen LogP contribution in [0, 0.1) is 6.92 Å². The van der Waals surface area contributed by atoms with Crippen molar-refractivity contribution >= 4 is 28.8 Å². The molecule has 0 saturated heterocycles. The molecule has 0 aliphatic heterocycles. The van der Waals surface area contributed by atoms with Crippen molar-refractivity contribution in [1.29, 1.82) is 0 Å². The van der Waals surface area contributed by atoms with Crippen LogP contribution >= 0.6 is 22.9 Å². The second kappa shape index (κ2) is 9.19. The van der Waals surface area contributed by atoms with E-state index in [4.69, 9.17) is 21.3 Å². The standard InChI is InChI=1S/C21H22ClN3O2S/c1-4-9-23-20(26)16-12-19(25(14(16)2)10-11-27-3)18-13-28-21(24-18)15-7-5-6-8-17(15)22/h4-8,12-13H,1,9-11H2,2-3H3,(H,23,26). The van der Waals surface area contributed by atoms with Gasteiger partial charge in [0.2, 0.25) is 0 Å². The number of ether oxygens (including phenoxy) is 1. The Hall–Kier alpha value is -2.41. The van der Waals surface area contributed by atoms with E-state index in [0.717, 1.165) is 27.7 Å². The summed E-state index contributed by atoms with van der Waals surface area (Å²) in [5.74, 6) is -0.128. The van der Waals surface area contributed by atoms with Crippen LogP contribution in [-0.4, -0.2) is 35.7 Å². The van der Waals surface area contributed by atoms with Gasteiger partial charge in [-0.3, -0.25) is 4.79 Å². The van der Waals surface area contributed by atoms with Crippen LogP contribution in [0.3, 0.4) is 0 Å². The summed E-state index contributed by atoms with van der Waals surface area (Å²) in [5.41, 5.74) is 4.09. The van der Waals surface area contributed by atoms with Crippen molar-refractivity contribution in [3.05, 3.63) is 64.6 Å². The molecule has 2 aromatic heterocycles. The van der Waals surface area contributed by atoms with Gasteiger partial charge in [0.05, 0.1) is 28.6 Å². The van der Waals surface area contributed by atoms with Crippen LogP contribution in [-0.2, 0) is 11.3 Å². The molecule has 0 saturated carbocycles. The van der Waals surface area contributed by atoms with Crippen LogP contribution in [0.5, 0.6) is 0 Å². The third kappa shape index (κ3) is 4.19. The van der Waals surface area contributed by atoms with Crippen molar-refractivity contribution in [2.45, 2.75) is 13.5 Å². The summed E-state index contributed by atoms with van der Waals surface area (Å²) in [6.45, 7) is 7.17. The van der Waals surface area contributed by atoms with Gasteiger partial charge in [-0.15, -0.1) is 17.9 Å². The van der Waals surface area contributed by atoms with Gasteiger partial charge in [0.15, 0.2) is 0 Å². The Morgan fingerprint density at radius 1 is 1.43 bits per heavy atom. The van der Waals surface area contributed by atoms with E-state index in [1.807, 2.05) is 42.6 Å². The molecule has 0 atom stereocenters. The van der Waals surface area contributed by atoms with Gasteiger partial charge in [-0.05, 0) is 19.1 Å². The maximum absolute atomic E-state index is 12.5. The molecule has 1 amide bonds. The van der Waals surface area contributed by atoms with Crippen molar-refractivity contribution < 1.29 is 9.53 Å². The average molecular weight is 416 g/mol. The molecule has 5 nitrogen and oxygen atoms in total. The monoisotopic (exact) mass is 415 g/mol. The van der Waals surface area contributed by atoms with Crippen molar-refractivity contribution in [3.8, 4) is 22.0 Å². The molecule has 0 fully saturated rings. The molecule has 0 spiro atoms. The van der Waals surface area contributed by atoms with Gasteiger partial charge in [-0.2, -0.15) is 0 Å². The number of halogens is 1. The molecule has 0 unspecified atom stereocenters. The highest BCUT2D eigenvalue weighted by atomic mass is 35.5. The molecule has 1 aromatic carbocycles. The summed E-state index contributed by atoms with van der Waals surface area (Å²) in [7, 11) is 1.66. The predicted octanol–water partition coefficient (Wildman–Crippen LogP) is 4.80. The fourth-order valence-electron chi connectivity index (χ4n) is 2.97. The highest BCUT2D eigenvalue weighted by Gasteiger charge is 2.20. The Kier molecular flexibility index (Phi) is 6.67. The van der Waals surface area contributed by atoms with Crippen LogP contribution in [0.2, 0.25) is 5.02 Å². The maximum atomic E-state index is 12.5. The van der Waals surface area contributed by atoms with E-state index in [-0.39, 0.29) is 5.91 Å². The number of methoxy groups -OCH3 is 1. The van der Waals surface area contributed by atoms with E-state index < -0.39 is 0 Å². The fraction of sp³-hybridized carbons (Fsp3) is 0.238. The molecule has 1 N–H and O–H groups in total. The number of nitrogens with zero attached hydrogens (tertiary/aromatic N) is 2. The minimum atomic E-state index is -0.128. The second-order valence-corrected chi connectivity index (χ2v) is 7.45. The first-order chi connectivity index (χ1) is 13.6. The van der Waals surface area contributed by atoms with Crippen LogP contribution < -0.4 is 5.32 Å². The summed E-state index contributed by atoms with van der Waals surface area (Å²) in [6, 6.07) is 9.53. The lowest BCUT2D eigenvalue weighted by molar-refractivity contribution is 0.0957. The third-order valence-corrected chi connectivity index (χ3v) is 5.61. The number of thiazole rings is 1. The van der Waals surface area contributed by atoms with Crippen molar-refractivity contribution in [2.24, 2.45) is 0 Å². The molecule has 146 valence electrons. The maximum Gasteiger partial charge on any atom is 0.253 e. The highest BCUT2D eigenvalue weighted by Crippen LogP contribution is 2.34. The Morgan fingerprint density at radius 2 is 2.21 bits per heavy atom. The molecular formula is C21H22ClN3O2S. The third-order valence-electron chi connectivity index (χ3n) is 4.41. The predicted molar refractivity (Wildman–Crippen MR) is 115 cm³/mol. The number of carbonyl (C=O) groups excluding carboxylic acids is 1. The number of nitrogens with one attached hydrogen (secondary N) is 1. The van der Waals surface area contributed by atoms with E-state index in [2.05, 4.69) is 16.5 Å². The summed E-state index contributed by atoms with van der Waals surface area (Å²) in [4.78, 5) is 17.3. The van der Waals surface area contributed by atoms with Gasteiger partial charge in [-0.1, -0.05) is 35.9 Å². The van der Waals surface area contributed by atoms with Gasteiger partial charge in [0.1, 0.15) is 5.01 Å². The zero-order chi connectivity index (χ0) is 20.1. The smallest absolute Gasteiger partial charge is 0.253 e. The number of rotatable bonds is 8. The van der Waals surface area contributed by atoms with E-state index in [1.165, 1.54) is 11.3 Å². The van der Waals surface area contributed by atoms with E-state index in [1.54, 1.807) is 13.2 Å². The zero-order valence-corrected chi connectivity index (χ0v) is 17.4. The van der Waals surface area contributed by atoms with E-state index >= 15 is 0 Å². The number of benzene rings is 1. The van der Waals surface area contributed by atoms with E-state index in [9.17, 15) is 4.79 Å². The van der Waals surface area contributed by atoms with Gasteiger partial charge in [-0.25, -0.2) is 4.98 Å². The average Bonchev–Trinajstić information content (AvgIpc) is 3.30. The topological polar surface area (TPSA) is 56.2 Å². The summed E-state index contributed by atoms with van der Waals surface area (Å²) in [6.07, 6.45) is 1.66. The Bertz CT molecular complexity index is 993. The SMILES string of the molecule is C=CCNC(=O)c1cc(-c2csc(-c3ccccc3Cl)n2)n(CCOC)c1C. The highest BCUT2D eigenvalue weighted by molar-refractivity contribution is 7.13. The first kappa shape index (κ1) is 20.3. The number of hydrogen-bond donors (Lipinski definition) is 1. The quantitative estimate of drug-likeness (QED) is 0.537. The summed E-state index contributed by atoms with van der Waals surface area (Å²) in [5, 5.41) is 6.34. The lowest BCUT2D eigenvalue weighted by atomic mass is 10.2. The molecule has 0 bridgehead atoms. The fourth-order valence-corrected chi connectivity index (χ4v) is 4.10. The molecule has 2 heterocycles. The minimum Gasteiger partial charge on any atom is -0.383 e. The van der Waals surface area contributed by atoms with Crippen molar-refractivity contribution in [2.75, 3.05) is 20.3 Å². The summed E-state index contributed by atoms with van der Waals surface area (Å²) >= 11 is 7.84. The van der Waals surface area contributed by atoms with Crippen molar-refractivity contribution in [1.82, 2.24) is 14.9 Å². The Balaban J connectivity index is 2.02. The van der Waals surface area contributed by atoms with E-state index in [0.29, 0.717) is 30.3 Å². The largest absolute Gasteiger partial charge is 0.383 e. The first-order valence-electron chi connectivity index (χ1n) is 8.85. The lowest BCUT2D eigenvalue weighted by Gasteiger charge is -2.10. The first-order valence-corrected chi connectivity index (χ1v) is 10.1. The minimum absolute atomic E-state index is 0.128. The van der Waals surface area contributed by atoms with Crippen LogP contribution in [0.4, 0.5) is 0 Å². The van der Waals surface area contributed by atoms with Crippen LogP contribution in [0.15, 0.2) is 48.4 Å². The van der Waals surface area contributed by atoms with Gasteiger partial charge < -0.3 is 14.6 Å². The number of hydrogen-bond acceptors (Lipinski definition) is 4. The van der Waals surface area contributed by atoms with Gasteiger partial charge >= 0.3 is 0 Å². The summed E-state index contributed by atoms with van der Waals surface area (Å²) < 4.78 is 7.31. The Labute approximate surface area is 173 Å². The second-order valence-electron chi connectivity index (χ2n) is 6.19. The molecule has 3 aromatic rings. The molecule has 7 heteroatoms. The molecule has 0 radical (unpaired) electrons. The molecular weight excluding hydrogens is 394 g/mol. The Morgan fingerprint density at radius 3 is 2.93 bits per heavy atom. The van der Waals surface area contributed by atoms with Crippen LogP contribution in [0.25, 0.3) is 22.0 Å². The van der Waals surface area contributed by atoms with Crippen molar-refractivity contribution in [3.63, 3.8) is 0 Å². The van der Waals surface area contributed by atoms with Gasteiger partial charge in [0, 0.05) is 36.8 Å². The number of aromatic nitrogens is 2. The normalized spacial score (nSPS) is 10.8. The molecule has 0 aliphatic rings. The molecule has 3 rings (SSSR count). The lowest BCUT2D eigenvalue weighted by Crippen LogP contribution is -2.23. The van der Waals surface area contributed by atoms with Crippen LogP contribution in [0.1, 0.15) is 16.1 Å². The molecule has 28 heavy (non-hydrogen) atoms. The van der Waals surface area contributed by atoms with Gasteiger partial charge in [0.25, 0.3) is 5.91 Å². The zero-order valence-electron chi connectivity index (χ0n) is 15.9.